The molecule has 0 spiro atoms. The van der Waals surface area contributed by atoms with Crippen molar-refractivity contribution in [3.8, 4) is 5.75 Å². The number of anilines is 3. The summed E-state index contributed by atoms with van der Waals surface area (Å²) in [7, 11) is 0. The van der Waals surface area contributed by atoms with E-state index in [1.165, 1.54) is 12.3 Å². The molecule has 5 rings (SSSR count). The number of nitrogens with zero attached hydrogens (tertiary/aromatic N) is 3. The first-order chi connectivity index (χ1) is 18.7. The van der Waals surface area contributed by atoms with Crippen molar-refractivity contribution < 1.29 is 22.7 Å². The van der Waals surface area contributed by atoms with E-state index in [1.54, 1.807) is 18.3 Å². The number of aromatic nitrogens is 3. The van der Waals surface area contributed by atoms with Gasteiger partial charge in [-0.2, -0.15) is 18.3 Å². The van der Waals surface area contributed by atoms with Crippen molar-refractivity contribution in [3.63, 3.8) is 0 Å². The number of nitrogens with one attached hydrogen (secondary N) is 3. The highest BCUT2D eigenvalue weighted by Gasteiger charge is 2.32. The van der Waals surface area contributed by atoms with Crippen LogP contribution in [0.5, 0.6) is 5.75 Å². The fourth-order valence-corrected chi connectivity index (χ4v) is 4.88. The minimum atomic E-state index is -4.61. The number of aromatic amines is 1. The molecule has 39 heavy (non-hydrogen) atoms. The van der Waals surface area contributed by atoms with Gasteiger partial charge in [-0.15, -0.1) is 0 Å². The molecule has 1 aliphatic rings. The fraction of sp³-hybridized carbons (Fsp3) is 0.321. The number of rotatable bonds is 8. The maximum absolute atomic E-state index is 13.7. The average Bonchev–Trinajstić information content (AvgIpc) is 3.56. The van der Waals surface area contributed by atoms with Gasteiger partial charge in [0.2, 0.25) is 0 Å². The number of ether oxygens (including phenoxy) is 1. The van der Waals surface area contributed by atoms with Crippen LogP contribution in [0.25, 0.3) is 10.9 Å². The monoisotopic (exact) mass is 538 g/mol. The Labute approximate surface area is 223 Å². The topological polar surface area (TPSA) is 95.2 Å². The quantitative estimate of drug-likeness (QED) is 0.239. The number of hydrogen-bond acceptors (Lipinski definition) is 6. The normalized spacial score (nSPS) is 16.1. The minimum absolute atomic E-state index is 0.0275. The molecule has 3 N–H and O–H groups in total. The zero-order valence-corrected chi connectivity index (χ0v) is 21.5. The van der Waals surface area contributed by atoms with Crippen LogP contribution in [0, 0.1) is 5.92 Å². The number of benzene rings is 2. The lowest BCUT2D eigenvalue weighted by molar-refractivity contribution is -0.137. The number of hydrogen-bond donors (Lipinski definition) is 3. The van der Waals surface area contributed by atoms with Crippen molar-refractivity contribution in [1.82, 2.24) is 20.1 Å². The van der Waals surface area contributed by atoms with Crippen molar-refractivity contribution in [1.29, 1.82) is 0 Å². The molecule has 0 aliphatic carbocycles. The van der Waals surface area contributed by atoms with Gasteiger partial charge in [-0.25, -0.2) is 4.98 Å². The van der Waals surface area contributed by atoms with Gasteiger partial charge in [-0.1, -0.05) is 13.8 Å². The Morgan fingerprint density at radius 3 is 2.82 bits per heavy atom. The van der Waals surface area contributed by atoms with E-state index in [0.717, 1.165) is 42.4 Å². The first-order valence-electron chi connectivity index (χ1n) is 12.7. The van der Waals surface area contributed by atoms with Gasteiger partial charge < -0.3 is 15.4 Å². The van der Waals surface area contributed by atoms with Crippen molar-refractivity contribution in [3.05, 3.63) is 72.1 Å². The van der Waals surface area contributed by atoms with Crippen LogP contribution >= 0.6 is 0 Å². The SMILES string of the molecule is CC(C)C1CCCN1COc1cc(NC(=O)c2cccnc2Nc2ccc3cn[nH]c3c2)cc(C(F)(F)F)c1. The van der Waals surface area contributed by atoms with Crippen LogP contribution in [0.2, 0.25) is 0 Å². The van der Waals surface area contributed by atoms with Crippen LogP contribution in [0.1, 0.15) is 42.6 Å². The van der Waals surface area contributed by atoms with Gasteiger partial charge >= 0.3 is 6.18 Å². The lowest BCUT2D eigenvalue weighted by Crippen LogP contribution is -2.36. The van der Waals surface area contributed by atoms with Gasteiger partial charge in [0.15, 0.2) is 0 Å². The zero-order chi connectivity index (χ0) is 27.6. The number of likely N-dealkylation sites (tertiary alicyclic amines) is 1. The molecule has 204 valence electrons. The second-order valence-electron chi connectivity index (χ2n) is 9.93. The Hall–Kier alpha value is -4.12. The summed E-state index contributed by atoms with van der Waals surface area (Å²) in [5.41, 5.74) is 0.691. The van der Waals surface area contributed by atoms with E-state index in [4.69, 9.17) is 4.74 Å². The number of carbonyl (C=O) groups is 1. The van der Waals surface area contributed by atoms with Gasteiger partial charge in [-0.3, -0.25) is 14.8 Å². The molecule has 1 unspecified atom stereocenters. The summed E-state index contributed by atoms with van der Waals surface area (Å²) in [6, 6.07) is 12.2. The third-order valence-corrected chi connectivity index (χ3v) is 6.83. The smallest absolute Gasteiger partial charge is 0.416 e. The third kappa shape index (κ3) is 6.14. The molecule has 1 aliphatic heterocycles. The van der Waals surface area contributed by atoms with Crippen LogP contribution in [0.4, 0.5) is 30.4 Å². The molecule has 0 radical (unpaired) electrons. The van der Waals surface area contributed by atoms with Gasteiger partial charge in [0.1, 0.15) is 18.3 Å². The van der Waals surface area contributed by atoms with Gasteiger partial charge in [0.25, 0.3) is 5.91 Å². The zero-order valence-electron chi connectivity index (χ0n) is 21.5. The molecular formula is C28H29F3N6O2. The summed E-state index contributed by atoms with van der Waals surface area (Å²) in [6.45, 7) is 5.25. The lowest BCUT2D eigenvalue weighted by Gasteiger charge is -2.27. The highest BCUT2D eigenvalue weighted by molar-refractivity contribution is 6.08. The molecule has 4 aromatic rings. The van der Waals surface area contributed by atoms with E-state index in [9.17, 15) is 18.0 Å². The highest BCUT2D eigenvalue weighted by atomic mass is 19.4. The van der Waals surface area contributed by atoms with Crippen LogP contribution in [0.15, 0.2) is 60.9 Å². The van der Waals surface area contributed by atoms with Gasteiger partial charge in [0, 0.05) is 41.6 Å². The van der Waals surface area contributed by atoms with Crippen LogP contribution < -0.4 is 15.4 Å². The second kappa shape index (κ2) is 10.9. The highest BCUT2D eigenvalue weighted by Crippen LogP contribution is 2.35. The Bertz CT molecular complexity index is 1470. The number of H-pyrrole nitrogens is 1. The predicted octanol–water partition coefficient (Wildman–Crippen LogP) is 6.43. The maximum Gasteiger partial charge on any atom is 0.416 e. The molecule has 1 fully saturated rings. The minimum Gasteiger partial charge on any atom is -0.478 e. The Kier molecular flexibility index (Phi) is 7.42. The van der Waals surface area contributed by atoms with Crippen LogP contribution in [-0.2, 0) is 6.18 Å². The summed E-state index contributed by atoms with van der Waals surface area (Å²) < 4.78 is 46.9. The maximum atomic E-state index is 13.7. The van der Waals surface area contributed by atoms with E-state index in [2.05, 4.69) is 44.6 Å². The molecule has 1 atom stereocenters. The van der Waals surface area contributed by atoms with Gasteiger partial charge in [0.05, 0.1) is 22.8 Å². The Morgan fingerprint density at radius 1 is 1.18 bits per heavy atom. The number of alkyl halides is 3. The summed E-state index contributed by atoms with van der Waals surface area (Å²) in [6.07, 6.45) is 0.654. The number of fused-ring (bicyclic) bond motifs is 1. The largest absolute Gasteiger partial charge is 0.478 e. The summed E-state index contributed by atoms with van der Waals surface area (Å²) in [4.78, 5) is 19.6. The molecule has 8 nitrogen and oxygen atoms in total. The molecule has 1 amide bonds. The summed E-state index contributed by atoms with van der Waals surface area (Å²) >= 11 is 0. The molecule has 3 heterocycles. The first-order valence-corrected chi connectivity index (χ1v) is 12.7. The Balaban J connectivity index is 1.36. The number of amides is 1. The van der Waals surface area contributed by atoms with Crippen molar-refractivity contribution in [2.75, 3.05) is 23.9 Å². The third-order valence-electron chi connectivity index (χ3n) is 6.83. The average molecular weight is 539 g/mol. The van der Waals surface area contributed by atoms with E-state index in [-0.39, 0.29) is 29.5 Å². The van der Waals surface area contributed by atoms with Crippen LogP contribution in [-0.4, -0.2) is 45.3 Å². The molecule has 0 saturated carbocycles. The van der Waals surface area contributed by atoms with Crippen molar-refractivity contribution in [2.24, 2.45) is 5.92 Å². The fourth-order valence-electron chi connectivity index (χ4n) is 4.88. The van der Waals surface area contributed by atoms with Crippen LogP contribution in [0.3, 0.4) is 0 Å². The van der Waals surface area contributed by atoms with E-state index >= 15 is 0 Å². The standard InChI is InChI=1S/C28H29F3N6O2/c1-17(2)25-6-4-10-37(25)16-39-22-12-19(28(29,30)31)11-21(13-22)35-27(38)23-5-3-9-32-26(23)34-20-8-7-18-15-33-36-24(18)14-20/h3,5,7-9,11-15,17,25H,4,6,10,16H2,1-2H3,(H,32,34)(H,33,36)(H,35,38). The molecule has 2 aromatic carbocycles. The first kappa shape index (κ1) is 26.5. The summed E-state index contributed by atoms with van der Waals surface area (Å²) in [5, 5.41) is 13.5. The molecular weight excluding hydrogens is 509 g/mol. The van der Waals surface area contributed by atoms with E-state index < -0.39 is 17.6 Å². The molecule has 2 aromatic heterocycles. The number of halogens is 3. The summed E-state index contributed by atoms with van der Waals surface area (Å²) in [5.74, 6) is 0.0899. The second-order valence-corrected chi connectivity index (χ2v) is 9.93. The Morgan fingerprint density at radius 2 is 2.03 bits per heavy atom. The number of carbonyl (C=O) groups excluding carboxylic acids is 1. The van der Waals surface area contributed by atoms with Gasteiger partial charge in [-0.05, 0) is 61.2 Å². The van der Waals surface area contributed by atoms with E-state index in [1.807, 2.05) is 18.2 Å². The molecule has 0 bridgehead atoms. The molecule has 11 heteroatoms. The lowest BCUT2D eigenvalue weighted by atomic mass is 10.0. The molecule has 1 saturated heterocycles. The van der Waals surface area contributed by atoms with Crippen molar-refractivity contribution >= 4 is 34.0 Å². The van der Waals surface area contributed by atoms with Crippen molar-refractivity contribution in [2.45, 2.75) is 38.9 Å². The predicted molar refractivity (Wildman–Crippen MR) is 143 cm³/mol. The number of pyridine rings is 1. The van der Waals surface area contributed by atoms with E-state index in [0.29, 0.717) is 17.6 Å².